The Kier molecular flexibility index (Phi) is 5.86. The lowest BCUT2D eigenvalue weighted by Crippen LogP contribution is -2.72. The van der Waals surface area contributed by atoms with Gasteiger partial charge in [0, 0.05) is 28.9 Å². The first-order chi connectivity index (χ1) is 14.3. The number of aromatic nitrogens is 1. The van der Waals surface area contributed by atoms with Crippen molar-refractivity contribution >= 4 is 39.9 Å². The van der Waals surface area contributed by atoms with Gasteiger partial charge in [0.2, 0.25) is 0 Å². The first-order valence-corrected chi connectivity index (χ1v) is 11.0. The van der Waals surface area contributed by atoms with Crippen LogP contribution in [0.4, 0.5) is 15.8 Å². The summed E-state index contributed by atoms with van der Waals surface area (Å²) < 4.78 is 16.4. The molecule has 1 atom stereocenters. The van der Waals surface area contributed by atoms with Gasteiger partial charge >= 0.3 is 0 Å². The summed E-state index contributed by atoms with van der Waals surface area (Å²) in [5.74, 6) is -0.776. The number of pyridine rings is 1. The predicted molar refractivity (Wildman–Crippen MR) is 121 cm³/mol. The second-order valence-electron chi connectivity index (χ2n) is 8.07. The Balaban J connectivity index is 1.57. The number of hydrogen-bond donors (Lipinski definition) is 3. The summed E-state index contributed by atoms with van der Waals surface area (Å²) in [7, 11) is 1.56. The molecule has 2 fully saturated rings. The number of anilines is 2. The third-order valence-electron chi connectivity index (χ3n) is 5.83. The lowest BCUT2D eigenvalue weighted by molar-refractivity contribution is -0.108. The Bertz CT molecular complexity index is 1030. The summed E-state index contributed by atoms with van der Waals surface area (Å²) in [6, 6.07) is 5.95. The molecule has 0 bridgehead atoms. The van der Waals surface area contributed by atoms with E-state index in [-0.39, 0.29) is 47.5 Å². The van der Waals surface area contributed by atoms with E-state index in [0.717, 1.165) is 29.4 Å². The molecule has 1 amide bonds. The quantitative estimate of drug-likeness (QED) is 0.533. The zero-order valence-corrected chi connectivity index (χ0v) is 18.8. The number of aryl methyl sites for hydroxylation is 1. The number of β-amino-alcohol motifs (C(OH)–C–C–N with tert-alkyl or cyclic N) is 1. The standard InChI is InChI=1S/C21H24FIN4O3/c1-26-10-14(17(9-19(26)28)25-16-6-5-13(23)8-15(16)22)20(29)27-11-21(30,12-27)18-4-2-3-7-24-18/h5-6,8-10,18,24-25,30H,2-4,7,11-12H2,1H3. The van der Waals surface area contributed by atoms with Gasteiger partial charge in [-0.25, -0.2) is 4.39 Å². The van der Waals surface area contributed by atoms with Crippen LogP contribution in [0.3, 0.4) is 0 Å². The van der Waals surface area contributed by atoms with E-state index in [1.54, 1.807) is 24.1 Å². The Morgan fingerprint density at radius 1 is 1.30 bits per heavy atom. The van der Waals surface area contributed by atoms with Crippen molar-refractivity contribution in [1.29, 1.82) is 0 Å². The van der Waals surface area contributed by atoms with Crippen LogP contribution in [0.1, 0.15) is 29.6 Å². The van der Waals surface area contributed by atoms with E-state index < -0.39 is 11.4 Å². The fourth-order valence-corrected chi connectivity index (χ4v) is 4.55. The third-order valence-corrected chi connectivity index (χ3v) is 6.51. The maximum atomic E-state index is 14.3. The zero-order valence-electron chi connectivity index (χ0n) is 16.6. The van der Waals surface area contributed by atoms with Crippen LogP contribution in [0.2, 0.25) is 0 Å². The molecule has 2 aromatic rings. The zero-order chi connectivity index (χ0) is 21.5. The third kappa shape index (κ3) is 4.10. The van der Waals surface area contributed by atoms with Crippen LogP contribution in [0.25, 0.3) is 0 Å². The average molecular weight is 526 g/mol. The van der Waals surface area contributed by atoms with Gasteiger partial charge in [0.1, 0.15) is 11.4 Å². The average Bonchev–Trinajstić information content (AvgIpc) is 2.70. The summed E-state index contributed by atoms with van der Waals surface area (Å²) in [4.78, 5) is 26.9. The highest BCUT2D eigenvalue weighted by molar-refractivity contribution is 14.1. The van der Waals surface area contributed by atoms with Crippen LogP contribution < -0.4 is 16.2 Å². The number of nitrogens with zero attached hydrogens (tertiary/aromatic N) is 2. The monoisotopic (exact) mass is 526 g/mol. The lowest BCUT2D eigenvalue weighted by atomic mass is 9.81. The summed E-state index contributed by atoms with van der Waals surface area (Å²) in [5.41, 5.74) is -0.564. The number of likely N-dealkylation sites (tertiary alicyclic amines) is 1. The van der Waals surface area contributed by atoms with Crippen molar-refractivity contribution in [2.45, 2.75) is 30.9 Å². The molecule has 30 heavy (non-hydrogen) atoms. The smallest absolute Gasteiger partial charge is 0.257 e. The minimum Gasteiger partial charge on any atom is -0.385 e. The van der Waals surface area contributed by atoms with Crippen molar-refractivity contribution in [1.82, 2.24) is 14.8 Å². The largest absolute Gasteiger partial charge is 0.385 e. The van der Waals surface area contributed by atoms with Gasteiger partial charge in [-0.2, -0.15) is 0 Å². The summed E-state index contributed by atoms with van der Waals surface area (Å²) in [5, 5.41) is 17.1. The molecule has 2 aliphatic heterocycles. The van der Waals surface area contributed by atoms with E-state index in [1.807, 2.05) is 22.6 Å². The molecule has 0 saturated carbocycles. The molecule has 2 aliphatic rings. The minimum absolute atomic E-state index is 0.0195. The molecule has 3 heterocycles. The SMILES string of the molecule is Cn1cc(C(=O)N2CC(O)(C3CCCCN3)C2)c(Nc2ccc(I)cc2F)cc1=O. The second-order valence-corrected chi connectivity index (χ2v) is 9.31. The Morgan fingerprint density at radius 3 is 2.73 bits per heavy atom. The molecule has 1 unspecified atom stereocenters. The molecule has 160 valence electrons. The summed E-state index contributed by atoms with van der Waals surface area (Å²) in [6.45, 7) is 1.32. The number of nitrogens with one attached hydrogen (secondary N) is 2. The van der Waals surface area contributed by atoms with Crippen LogP contribution in [0, 0.1) is 9.39 Å². The Labute approximate surface area is 187 Å². The fourth-order valence-electron chi connectivity index (χ4n) is 4.10. The molecule has 0 radical (unpaired) electrons. The van der Waals surface area contributed by atoms with Crippen LogP contribution in [-0.2, 0) is 7.05 Å². The van der Waals surface area contributed by atoms with Crippen molar-refractivity contribution < 1.29 is 14.3 Å². The molecule has 2 saturated heterocycles. The van der Waals surface area contributed by atoms with Gasteiger partial charge in [0.05, 0.1) is 30.0 Å². The molecule has 9 heteroatoms. The van der Waals surface area contributed by atoms with E-state index in [4.69, 9.17) is 0 Å². The molecular formula is C21H24FIN4O3. The van der Waals surface area contributed by atoms with Crippen molar-refractivity contribution in [3.8, 4) is 0 Å². The molecule has 1 aromatic heterocycles. The van der Waals surface area contributed by atoms with Crippen LogP contribution in [0.5, 0.6) is 0 Å². The van der Waals surface area contributed by atoms with Gasteiger partial charge in [-0.3, -0.25) is 9.59 Å². The van der Waals surface area contributed by atoms with Gasteiger partial charge in [0.15, 0.2) is 0 Å². The highest BCUT2D eigenvalue weighted by Crippen LogP contribution is 2.32. The topological polar surface area (TPSA) is 86.6 Å². The summed E-state index contributed by atoms with van der Waals surface area (Å²) >= 11 is 2.01. The Hall–Kier alpha value is -1.98. The number of halogens is 2. The second kappa shape index (κ2) is 8.27. The van der Waals surface area contributed by atoms with E-state index in [1.165, 1.54) is 22.9 Å². The van der Waals surface area contributed by atoms with Gasteiger partial charge < -0.3 is 25.2 Å². The lowest BCUT2D eigenvalue weighted by Gasteiger charge is -2.51. The highest BCUT2D eigenvalue weighted by atomic mass is 127. The van der Waals surface area contributed by atoms with Gasteiger partial charge in [-0.1, -0.05) is 6.42 Å². The van der Waals surface area contributed by atoms with Gasteiger partial charge in [-0.05, 0) is 60.2 Å². The fraction of sp³-hybridized carbons (Fsp3) is 0.429. The molecule has 0 aliphatic carbocycles. The van der Waals surface area contributed by atoms with Crippen molar-refractivity contribution in [2.75, 3.05) is 25.0 Å². The number of carbonyl (C=O) groups is 1. The number of benzene rings is 1. The van der Waals surface area contributed by atoms with Crippen molar-refractivity contribution in [3.63, 3.8) is 0 Å². The molecule has 0 spiro atoms. The first kappa shape index (κ1) is 21.3. The van der Waals surface area contributed by atoms with Gasteiger partial charge in [-0.15, -0.1) is 0 Å². The number of amides is 1. The molecule has 4 rings (SSSR count). The number of rotatable bonds is 4. The van der Waals surface area contributed by atoms with E-state index in [2.05, 4.69) is 10.6 Å². The summed E-state index contributed by atoms with van der Waals surface area (Å²) in [6.07, 6.45) is 4.49. The maximum absolute atomic E-state index is 14.3. The first-order valence-electron chi connectivity index (χ1n) is 9.95. The molecule has 3 N–H and O–H groups in total. The number of piperidine rings is 1. The molecule has 7 nitrogen and oxygen atoms in total. The number of hydrogen-bond acceptors (Lipinski definition) is 5. The minimum atomic E-state index is -0.938. The number of aliphatic hydroxyl groups is 1. The maximum Gasteiger partial charge on any atom is 0.257 e. The van der Waals surface area contributed by atoms with E-state index in [0.29, 0.717) is 0 Å². The predicted octanol–water partition coefficient (Wildman–Crippen LogP) is 2.20. The Morgan fingerprint density at radius 2 is 2.07 bits per heavy atom. The van der Waals surface area contributed by atoms with Crippen molar-refractivity contribution in [2.24, 2.45) is 7.05 Å². The van der Waals surface area contributed by atoms with Crippen LogP contribution in [-0.4, -0.2) is 51.8 Å². The normalized spacial score (nSPS) is 20.5. The molecule has 1 aromatic carbocycles. The number of carbonyl (C=O) groups excluding carboxylic acids is 1. The van der Waals surface area contributed by atoms with E-state index in [9.17, 15) is 19.1 Å². The highest BCUT2D eigenvalue weighted by Gasteiger charge is 2.49. The van der Waals surface area contributed by atoms with E-state index >= 15 is 0 Å². The molecular weight excluding hydrogens is 502 g/mol. The van der Waals surface area contributed by atoms with Crippen LogP contribution in [0.15, 0.2) is 35.3 Å². The van der Waals surface area contributed by atoms with Crippen molar-refractivity contribution in [3.05, 3.63) is 55.8 Å². The van der Waals surface area contributed by atoms with Gasteiger partial charge in [0.25, 0.3) is 11.5 Å². The van der Waals surface area contributed by atoms with Crippen LogP contribution >= 0.6 is 22.6 Å².